The summed E-state index contributed by atoms with van der Waals surface area (Å²) in [6.07, 6.45) is 2.51. The highest BCUT2D eigenvalue weighted by Crippen LogP contribution is 2.26. The highest BCUT2D eigenvalue weighted by atomic mass is 127. The van der Waals surface area contributed by atoms with Crippen molar-refractivity contribution in [1.82, 2.24) is 5.32 Å². The van der Waals surface area contributed by atoms with Crippen molar-refractivity contribution in [3.63, 3.8) is 0 Å². The molecule has 0 spiro atoms. The number of benzene rings is 1. The lowest BCUT2D eigenvalue weighted by molar-refractivity contribution is 0.0933. The molecule has 1 aliphatic rings. The monoisotopic (exact) mass is 389 g/mol. The second-order valence-electron chi connectivity index (χ2n) is 4.81. The number of hydrogen-bond acceptors (Lipinski definition) is 4. The molecule has 108 valence electrons. The Bertz CT molecular complexity index is 548. The van der Waals surface area contributed by atoms with Crippen molar-refractivity contribution in [2.75, 3.05) is 0 Å². The first kappa shape index (κ1) is 14.9. The molecule has 0 radical (unpaired) electrons. The van der Waals surface area contributed by atoms with Crippen molar-refractivity contribution < 1.29 is 15.1 Å². The molecule has 2 unspecified atom stereocenters. The molecular weight excluding hydrogens is 373 g/mol. The van der Waals surface area contributed by atoms with Gasteiger partial charge in [-0.1, -0.05) is 11.6 Å². The van der Waals surface area contributed by atoms with E-state index in [2.05, 4.69) is 10.5 Å². The van der Waals surface area contributed by atoms with Gasteiger partial charge in [0.25, 0.3) is 5.91 Å². The van der Waals surface area contributed by atoms with E-state index in [1.807, 2.05) is 22.6 Å². The first-order valence-corrected chi connectivity index (χ1v) is 7.37. The van der Waals surface area contributed by atoms with E-state index < -0.39 is 0 Å². The van der Waals surface area contributed by atoms with Gasteiger partial charge in [0.15, 0.2) is 0 Å². The molecule has 1 fully saturated rings. The van der Waals surface area contributed by atoms with E-state index in [1.165, 1.54) is 6.07 Å². The standard InChI is InChI=1S/C13H16IN3O3/c14-9-5-4-7(6-11(9)18)13(19)16-10-3-1-2-8(10)12(15)17-20/h4-6,8,10,18,20H,1-3H2,(H2,15,17)(H,16,19). The van der Waals surface area contributed by atoms with Gasteiger partial charge in [-0.3, -0.25) is 4.79 Å². The molecule has 7 heteroatoms. The summed E-state index contributed by atoms with van der Waals surface area (Å²) in [6, 6.07) is 4.63. The first-order valence-electron chi connectivity index (χ1n) is 6.29. The van der Waals surface area contributed by atoms with E-state index in [0.717, 1.165) is 19.3 Å². The minimum atomic E-state index is -0.265. The van der Waals surface area contributed by atoms with Crippen molar-refractivity contribution in [2.45, 2.75) is 25.3 Å². The molecule has 1 amide bonds. The number of amidine groups is 1. The predicted octanol–water partition coefficient (Wildman–Crippen LogP) is 1.64. The third-order valence-corrected chi connectivity index (χ3v) is 4.45. The van der Waals surface area contributed by atoms with Crippen LogP contribution < -0.4 is 11.1 Å². The molecule has 1 aliphatic carbocycles. The van der Waals surface area contributed by atoms with Gasteiger partial charge in [0.2, 0.25) is 0 Å². The number of oxime groups is 1. The maximum absolute atomic E-state index is 12.2. The zero-order chi connectivity index (χ0) is 14.7. The van der Waals surface area contributed by atoms with Crippen LogP contribution in [0.2, 0.25) is 0 Å². The van der Waals surface area contributed by atoms with Gasteiger partial charge in [-0.15, -0.1) is 0 Å². The summed E-state index contributed by atoms with van der Waals surface area (Å²) < 4.78 is 0.689. The van der Waals surface area contributed by atoms with E-state index in [-0.39, 0.29) is 29.5 Å². The number of nitrogens with zero attached hydrogens (tertiary/aromatic N) is 1. The number of amides is 1. The molecular formula is C13H16IN3O3. The van der Waals surface area contributed by atoms with Crippen LogP contribution >= 0.6 is 22.6 Å². The number of nitrogens with one attached hydrogen (secondary N) is 1. The SMILES string of the molecule is N/C(=N/O)C1CCCC1NC(=O)c1ccc(I)c(O)c1. The molecule has 1 saturated carbocycles. The fourth-order valence-corrected chi connectivity index (χ4v) is 2.80. The molecule has 0 bridgehead atoms. The van der Waals surface area contributed by atoms with Gasteiger partial charge in [0.05, 0.1) is 3.57 Å². The van der Waals surface area contributed by atoms with Crippen LogP contribution in [-0.2, 0) is 0 Å². The summed E-state index contributed by atoms with van der Waals surface area (Å²) in [5.41, 5.74) is 6.03. The van der Waals surface area contributed by atoms with Crippen molar-refractivity contribution in [2.24, 2.45) is 16.8 Å². The predicted molar refractivity (Wildman–Crippen MR) is 82.8 cm³/mol. The number of carbonyl (C=O) groups excluding carboxylic acids is 1. The quantitative estimate of drug-likeness (QED) is 0.207. The lowest BCUT2D eigenvalue weighted by Crippen LogP contribution is -2.42. The largest absolute Gasteiger partial charge is 0.507 e. The summed E-state index contributed by atoms with van der Waals surface area (Å²) in [4.78, 5) is 12.2. The Balaban J connectivity index is 2.09. The topological polar surface area (TPSA) is 108 Å². The number of phenolic OH excluding ortho intramolecular Hbond substituents is 1. The van der Waals surface area contributed by atoms with Gasteiger partial charge in [-0.05, 0) is 53.6 Å². The Morgan fingerprint density at radius 1 is 1.45 bits per heavy atom. The van der Waals surface area contributed by atoms with Crippen LogP contribution in [-0.4, -0.2) is 28.1 Å². The Kier molecular flexibility index (Phi) is 4.69. The Labute approximate surface area is 130 Å². The van der Waals surface area contributed by atoms with Crippen molar-refractivity contribution >= 4 is 34.3 Å². The number of aromatic hydroxyl groups is 1. The fraction of sp³-hybridized carbons (Fsp3) is 0.385. The van der Waals surface area contributed by atoms with Gasteiger partial charge in [0, 0.05) is 17.5 Å². The van der Waals surface area contributed by atoms with Crippen LogP contribution in [0, 0.1) is 9.49 Å². The Morgan fingerprint density at radius 2 is 2.20 bits per heavy atom. The molecule has 2 rings (SSSR count). The van der Waals surface area contributed by atoms with Crippen LogP contribution in [0.15, 0.2) is 23.4 Å². The normalized spacial score (nSPS) is 22.8. The lowest BCUT2D eigenvalue weighted by atomic mass is 10.0. The summed E-state index contributed by atoms with van der Waals surface area (Å²) in [5, 5.41) is 24.3. The van der Waals surface area contributed by atoms with Crippen LogP contribution in [0.25, 0.3) is 0 Å². The highest BCUT2D eigenvalue weighted by molar-refractivity contribution is 14.1. The van der Waals surface area contributed by atoms with E-state index in [0.29, 0.717) is 9.13 Å². The highest BCUT2D eigenvalue weighted by Gasteiger charge is 2.32. The number of phenols is 1. The molecule has 6 nitrogen and oxygen atoms in total. The average Bonchev–Trinajstić information content (AvgIpc) is 2.89. The first-order chi connectivity index (χ1) is 9.52. The second-order valence-corrected chi connectivity index (χ2v) is 5.97. The van der Waals surface area contributed by atoms with Gasteiger partial charge < -0.3 is 21.4 Å². The maximum Gasteiger partial charge on any atom is 0.251 e. The maximum atomic E-state index is 12.2. The van der Waals surface area contributed by atoms with Gasteiger partial charge in [0.1, 0.15) is 11.6 Å². The Morgan fingerprint density at radius 3 is 2.85 bits per heavy atom. The van der Waals surface area contributed by atoms with E-state index in [4.69, 9.17) is 10.9 Å². The number of carbonyl (C=O) groups is 1. The minimum Gasteiger partial charge on any atom is -0.507 e. The van der Waals surface area contributed by atoms with Gasteiger partial charge in [-0.25, -0.2) is 0 Å². The molecule has 0 saturated heterocycles. The summed E-state index contributed by atoms with van der Waals surface area (Å²) in [5.74, 6) is -0.170. The van der Waals surface area contributed by atoms with Crippen LogP contribution in [0.4, 0.5) is 0 Å². The van der Waals surface area contributed by atoms with Gasteiger partial charge in [-0.2, -0.15) is 0 Å². The molecule has 1 aromatic carbocycles. The zero-order valence-electron chi connectivity index (χ0n) is 10.7. The lowest BCUT2D eigenvalue weighted by Gasteiger charge is -2.19. The fourth-order valence-electron chi connectivity index (χ4n) is 2.47. The van der Waals surface area contributed by atoms with Crippen molar-refractivity contribution in [3.8, 4) is 5.75 Å². The zero-order valence-corrected chi connectivity index (χ0v) is 12.9. The Hall–Kier alpha value is -1.51. The summed E-state index contributed by atoms with van der Waals surface area (Å²) in [6.45, 7) is 0. The van der Waals surface area contributed by atoms with Crippen LogP contribution in [0.1, 0.15) is 29.6 Å². The van der Waals surface area contributed by atoms with Gasteiger partial charge >= 0.3 is 0 Å². The van der Waals surface area contributed by atoms with E-state index in [1.54, 1.807) is 12.1 Å². The van der Waals surface area contributed by atoms with Crippen molar-refractivity contribution in [3.05, 3.63) is 27.3 Å². The minimum absolute atomic E-state index is 0.0812. The number of halogens is 1. The van der Waals surface area contributed by atoms with Crippen LogP contribution in [0.3, 0.4) is 0 Å². The summed E-state index contributed by atoms with van der Waals surface area (Å²) in [7, 11) is 0. The average molecular weight is 389 g/mol. The smallest absolute Gasteiger partial charge is 0.251 e. The second kappa shape index (κ2) is 6.29. The number of rotatable bonds is 3. The van der Waals surface area contributed by atoms with E-state index >= 15 is 0 Å². The third-order valence-electron chi connectivity index (χ3n) is 3.54. The molecule has 0 aromatic heterocycles. The molecule has 0 aliphatic heterocycles. The van der Waals surface area contributed by atoms with Crippen molar-refractivity contribution in [1.29, 1.82) is 0 Å². The molecule has 2 atom stereocenters. The summed E-state index contributed by atoms with van der Waals surface area (Å²) >= 11 is 1.99. The third kappa shape index (κ3) is 3.14. The number of hydrogen-bond donors (Lipinski definition) is 4. The molecule has 1 aromatic rings. The van der Waals surface area contributed by atoms with Crippen LogP contribution in [0.5, 0.6) is 5.75 Å². The molecule has 0 heterocycles. The number of nitrogens with two attached hydrogens (primary N) is 1. The van der Waals surface area contributed by atoms with E-state index in [9.17, 15) is 9.90 Å². The molecule has 20 heavy (non-hydrogen) atoms. The molecule has 5 N–H and O–H groups in total.